The van der Waals surface area contributed by atoms with Crippen LogP contribution in [0.1, 0.15) is 75.6 Å². The number of aliphatic hydroxyl groups is 1. The minimum atomic E-state index is -0.530. The van der Waals surface area contributed by atoms with Crippen LogP contribution in [-0.2, 0) is 11.2 Å². The van der Waals surface area contributed by atoms with E-state index in [9.17, 15) is 18.4 Å². The Bertz CT molecular complexity index is 1440. The van der Waals surface area contributed by atoms with Crippen molar-refractivity contribution in [2.24, 2.45) is 5.41 Å². The molecule has 2 fully saturated rings. The van der Waals surface area contributed by atoms with Crippen molar-refractivity contribution in [3.05, 3.63) is 59.2 Å². The number of hydrogen-bond acceptors (Lipinski definition) is 10. The highest BCUT2D eigenvalue weighted by Crippen LogP contribution is 2.24. The van der Waals surface area contributed by atoms with Gasteiger partial charge in [0.15, 0.2) is 5.82 Å². The molecule has 0 aliphatic carbocycles. The minimum Gasteiger partial charge on any atom is -0.400 e. The molecule has 2 amide bonds. The highest BCUT2D eigenvalue weighted by molar-refractivity contribution is 5.94. The Morgan fingerprint density at radius 2 is 1.68 bits per heavy atom. The van der Waals surface area contributed by atoms with Gasteiger partial charge in [0.05, 0.1) is 5.56 Å². The Labute approximate surface area is 275 Å². The molecule has 12 nitrogen and oxygen atoms in total. The van der Waals surface area contributed by atoms with Crippen LogP contribution in [0.25, 0.3) is 0 Å². The summed E-state index contributed by atoms with van der Waals surface area (Å²) in [4.78, 5) is 45.0. The lowest BCUT2D eigenvalue weighted by Crippen LogP contribution is -2.47. The van der Waals surface area contributed by atoms with Crippen molar-refractivity contribution >= 4 is 23.8 Å². The first-order valence-corrected chi connectivity index (χ1v) is 16.0. The van der Waals surface area contributed by atoms with Crippen molar-refractivity contribution in [2.45, 2.75) is 79.3 Å². The molecule has 2 saturated heterocycles. The van der Waals surface area contributed by atoms with E-state index in [2.05, 4.69) is 35.2 Å². The lowest BCUT2D eigenvalue weighted by atomic mass is 9.95. The van der Waals surface area contributed by atoms with Crippen molar-refractivity contribution in [1.82, 2.24) is 30.3 Å². The summed E-state index contributed by atoms with van der Waals surface area (Å²) in [7, 11) is 1.00. The van der Waals surface area contributed by atoms with E-state index < -0.39 is 17.0 Å². The van der Waals surface area contributed by atoms with Gasteiger partial charge in [0, 0.05) is 82.2 Å². The molecule has 0 radical (unpaired) electrons. The van der Waals surface area contributed by atoms with Crippen LogP contribution in [0.15, 0.2) is 35.1 Å². The molecule has 1 aromatic carbocycles. The standard InChI is InChI=1S/C25H38N8O3.C7H6F2.CH4O/c1-6-20-29-24(36-30-20)31-12-9-19(10-13-31)33(7-2)21(34)17-14-26-23(27-15-17)32-11-8-18(16-32)28-22(35)25(3,4)5;1-5-2-3-6(8)4-7(5)9;1-2/h14-15,18-19H,6-13,16H2,1-5H3,(H,28,35);2-4H,1H3;2H,1H3. The number of hydrogen-bond donors (Lipinski definition) is 2. The molecule has 1 atom stereocenters. The topological polar surface area (TPSA) is 141 Å². The van der Waals surface area contributed by atoms with Crippen molar-refractivity contribution in [3.63, 3.8) is 0 Å². The molecule has 47 heavy (non-hydrogen) atoms. The summed E-state index contributed by atoms with van der Waals surface area (Å²) in [6.07, 6.45) is 6.49. The van der Waals surface area contributed by atoms with Gasteiger partial charge in [-0.3, -0.25) is 9.59 Å². The van der Waals surface area contributed by atoms with Crippen LogP contribution < -0.4 is 15.1 Å². The molecule has 3 aromatic rings. The van der Waals surface area contributed by atoms with Gasteiger partial charge in [0.1, 0.15) is 11.6 Å². The Morgan fingerprint density at radius 1 is 1.04 bits per heavy atom. The lowest BCUT2D eigenvalue weighted by Gasteiger charge is -2.37. The second kappa shape index (κ2) is 17.1. The number of benzene rings is 1. The van der Waals surface area contributed by atoms with Gasteiger partial charge in [0.2, 0.25) is 11.9 Å². The first-order valence-electron chi connectivity index (χ1n) is 16.0. The number of nitrogens with one attached hydrogen (secondary N) is 1. The van der Waals surface area contributed by atoms with E-state index in [1.54, 1.807) is 19.3 Å². The quantitative estimate of drug-likeness (QED) is 0.380. The molecule has 5 rings (SSSR count). The van der Waals surface area contributed by atoms with Crippen LogP contribution in [0.5, 0.6) is 0 Å². The molecule has 2 aromatic heterocycles. The number of aliphatic hydroxyl groups excluding tert-OH is 1. The molecule has 14 heteroatoms. The molecule has 0 saturated carbocycles. The number of carbonyl (C=O) groups excluding carboxylic acids is 2. The summed E-state index contributed by atoms with van der Waals surface area (Å²) in [5, 5.41) is 14.1. The fraction of sp³-hybridized carbons (Fsp3) is 0.576. The normalized spacial score (nSPS) is 16.5. The third-order valence-electron chi connectivity index (χ3n) is 8.06. The second-order valence-electron chi connectivity index (χ2n) is 12.5. The van der Waals surface area contributed by atoms with Gasteiger partial charge >= 0.3 is 6.01 Å². The van der Waals surface area contributed by atoms with Gasteiger partial charge in [-0.15, -0.1) is 0 Å². The van der Waals surface area contributed by atoms with Crippen LogP contribution in [0.3, 0.4) is 0 Å². The summed E-state index contributed by atoms with van der Waals surface area (Å²) in [6, 6.07) is 4.28. The first kappa shape index (κ1) is 37.3. The Hall–Kier alpha value is -4.20. The maximum atomic E-state index is 13.3. The minimum absolute atomic E-state index is 0.0458. The van der Waals surface area contributed by atoms with Crippen LogP contribution in [0, 0.1) is 24.0 Å². The van der Waals surface area contributed by atoms with Gasteiger partial charge < -0.3 is 29.6 Å². The third-order valence-corrected chi connectivity index (χ3v) is 8.06. The van der Waals surface area contributed by atoms with Gasteiger partial charge in [-0.2, -0.15) is 4.98 Å². The van der Waals surface area contributed by atoms with Crippen LogP contribution >= 0.6 is 0 Å². The fourth-order valence-electron chi connectivity index (χ4n) is 5.24. The maximum Gasteiger partial charge on any atom is 0.324 e. The lowest BCUT2D eigenvalue weighted by molar-refractivity contribution is -0.129. The molecule has 2 aliphatic rings. The molecule has 4 heterocycles. The smallest absolute Gasteiger partial charge is 0.324 e. The van der Waals surface area contributed by atoms with Crippen LogP contribution in [-0.4, -0.2) is 93.8 Å². The average molecular weight is 659 g/mol. The molecule has 0 bridgehead atoms. The molecule has 0 spiro atoms. The number of aryl methyl sites for hydroxylation is 2. The predicted octanol–water partition coefficient (Wildman–Crippen LogP) is 4.18. The Kier molecular flexibility index (Phi) is 13.6. The number of aromatic nitrogens is 4. The average Bonchev–Trinajstić information content (AvgIpc) is 3.75. The molecular formula is C33H48F2N8O4. The van der Waals surface area contributed by atoms with Gasteiger partial charge in [-0.25, -0.2) is 18.7 Å². The third kappa shape index (κ3) is 10.1. The van der Waals surface area contributed by atoms with Crippen molar-refractivity contribution in [1.29, 1.82) is 0 Å². The Balaban J connectivity index is 0.000000466. The zero-order chi connectivity index (χ0) is 34.7. The summed E-state index contributed by atoms with van der Waals surface area (Å²) < 4.78 is 29.8. The van der Waals surface area contributed by atoms with Gasteiger partial charge in [-0.1, -0.05) is 38.9 Å². The SMILES string of the molecule is CCc1noc(N2CCC(N(CC)C(=O)c3cnc(N4CCC(NC(=O)C(C)(C)C)C4)nc3)CC2)n1.CO.Cc1ccc(F)cc1F. The highest BCUT2D eigenvalue weighted by atomic mass is 19.1. The van der Waals surface area contributed by atoms with Gasteiger partial charge in [-0.05, 0) is 44.7 Å². The summed E-state index contributed by atoms with van der Waals surface area (Å²) in [5.74, 6) is 0.268. The number of anilines is 2. The molecule has 258 valence electrons. The zero-order valence-corrected chi connectivity index (χ0v) is 28.5. The van der Waals surface area contributed by atoms with E-state index in [1.165, 1.54) is 12.1 Å². The van der Waals surface area contributed by atoms with E-state index in [1.807, 2.05) is 39.5 Å². The predicted molar refractivity (Wildman–Crippen MR) is 175 cm³/mol. The van der Waals surface area contributed by atoms with E-state index in [0.29, 0.717) is 42.0 Å². The molecule has 1 unspecified atom stereocenters. The van der Waals surface area contributed by atoms with E-state index >= 15 is 0 Å². The number of halogens is 2. The number of nitrogens with zero attached hydrogens (tertiary/aromatic N) is 7. The largest absolute Gasteiger partial charge is 0.400 e. The van der Waals surface area contributed by atoms with Crippen LogP contribution in [0.4, 0.5) is 20.7 Å². The fourth-order valence-corrected chi connectivity index (χ4v) is 5.24. The first-order chi connectivity index (χ1) is 22.4. The van der Waals surface area contributed by atoms with Crippen molar-refractivity contribution in [3.8, 4) is 0 Å². The zero-order valence-electron chi connectivity index (χ0n) is 28.5. The number of rotatable bonds is 7. The highest BCUT2D eigenvalue weighted by Gasteiger charge is 2.31. The molecule has 2 aliphatic heterocycles. The number of piperidine rings is 1. The summed E-state index contributed by atoms with van der Waals surface area (Å²) >= 11 is 0. The Morgan fingerprint density at radius 3 is 2.21 bits per heavy atom. The summed E-state index contributed by atoms with van der Waals surface area (Å²) in [5.41, 5.74) is 0.541. The summed E-state index contributed by atoms with van der Waals surface area (Å²) in [6.45, 7) is 14.9. The van der Waals surface area contributed by atoms with Crippen LogP contribution in [0.2, 0.25) is 0 Å². The van der Waals surface area contributed by atoms with Gasteiger partial charge in [0.25, 0.3) is 5.91 Å². The van der Waals surface area contributed by atoms with Crippen molar-refractivity contribution < 1.29 is 28.0 Å². The number of carbonyl (C=O) groups is 2. The maximum absolute atomic E-state index is 13.3. The monoisotopic (exact) mass is 658 g/mol. The van der Waals surface area contributed by atoms with Crippen molar-refractivity contribution in [2.75, 3.05) is 49.6 Å². The number of amides is 2. The second-order valence-corrected chi connectivity index (χ2v) is 12.5. The van der Waals surface area contributed by atoms with E-state index in [-0.39, 0.29) is 23.9 Å². The van der Waals surface area contributed by atoms with E-state index in [0.717, 1.165) is 58.5 Å². The molecule has 2 N–H and O–H groups in total. The van der Waals surface area contributed by atoms with E-state index in [4.69, 9.17) is 9.63 Å². The molecular weight excluding hydrogens is 610 g/mol.